The zero-order chi connectivity index (χ0) is 14.5. The van der Waals surface area contributed by atoms with Crippen LogP contribution in [0.5, 0.6) is 0 Å². The first-order chi connectivity index (χ1) is 9.63. The molecule has 1 unspecified atom stereocenters. The first kappa shape index (κ1) is 14.6. The molecule has 0 radical (unpaired) electrons. The van der Waals surface area contributed by atoms with E-state index in [9.17, 15) is 4.39 Å². The minimum absolute atomic E-state index is 0.206. The highest BCUT2D eigenvalue weighted by atomic mass is 19.1. The van der Waals surface area contributed by atoms with Gasteiger partial charge in [0.15, 0.2) is 0 Å². The van der Waals surface area contributed by atoms with Crippen LogP contribution in [0.25, 0.3) is 0 Å². The Morgan fingerprint density at radius 3 is 2.80 bits per heavy atom. The highest BCUT2D eigenvalue weighted by Crippen LogP contribution is 2.19. The molecular weight excluding hydrogens is 257 g/mol. The summed E-state index contributed by atoms with van der Waals surface area (Å²) in [4.78, 5) is 8.43. The standard InChI is InChI=1S/C14H20FN5/c1-4-16-12(14-11(15)6-5-7-17-14)8-13-18-9-19-20(13)10(2)3/h5-7,9-10,12,16H,4,8H2,1-3H3. The molecule has 6 heteroatoms. The van der Waals surface area contributed by atoms with Crippen LogP contribution in [-0.4, -0.2) is 26.3 Å². The van der Waals surface area contributed by atoms with Crippen LogP contribution in [0.1, 0.15) is 44.4 Å². The molecule has 0 aliphatic carbocycles. The van der Waals surface area contributed by atoms with Crippen molar-refractivity contribution < 1.29 is 4.39 Å². The molecule has 0 aliphatic heterocycles. The topological polar surface area (TPSA) is 55.6 Å². The molecular formula is C14H20FN5. The van der Waals surface area contributed by atoms with E-state index in [1.165, 1.54) is 12.4 Å². The third kappa shape index (κ3) is 3.19. The van der Waals surface area contributed by atoms with Crippen molar-refractivity contribution in [2.45, 2.75) is 39.3 Å². The van der Waals surface area contributed by atoms with Gasteiger partial charge in [-0.15, -0.1) is 0 Å². The Labute approximate surface area is 118 Å². The van der Waals surface area contributed by atoms with E-state index < -0.39 is 0 Å². The highest BCUT2D eigenvalue weighted by molar-refractivity contribution is 5.13. The van der Waals surface area contributed by atoms with Gasteiger partial charge in [-0.05, 0) is 32.5 Å². The Morgan fingerprint density at radius 2 is 2.15 bits per heavy atom. The van der Waals surface area contributed by atoms with Crippen molar-refractivity contribution in [1.82, 2.24) is 25.1 Å². The average Bonchev–Trinajstić information content (AvgIpc) is 2.87. The van der Waals surface area contributed by atoms with Gasteiger partial charge >= 0.3 is 0 Å². The van der Waals surface area contributed by atoms with Crippen molar-refractivity contribution in [3.63, 3.8) is 0 Å². The smallest absolute Gasteiger partial charge is 0.146 e. The van der Waals surface area contributed by atoms with Gasteiger partial charge in [0.1, 0.15) is 18.0 Å². The Kier molecular flexibility index (Phi) is 4.79. The van der Waals surface area contributed by atoms with E-state index in [1.54, 1.807) is 12.3 Å². The Morgan fingerprint density at radius 1 is 1.35 bits per heavy atom. The summed E-state index contributed by atoms with van der Waals surface area (Å²) in [7, 11) is 0. The SMILES string of the molecule is CCNC(Cc1ncnn1C(C)C)c1ncccc1F. The van der Waals surface area contributed by atoms with Crippen LogP contribution in [0.2, 0.25) is 0 Å². The van der Waals surface area contributed by atoms with Gasteiger partial charge in [0.05, 0.1) is 11.7 Å². The monoisotopic (exact) mass is 277 g/mol. The van der Waals surface area contributed by atoms with E-state index in [0.29, 0.717) is 12.1 Å². The zero-order valence-corrected chi connectivity index (χ0v) is 12.0. The van der Waals surface area contributed by atoms with Gasteiger partial charge in [-0.2, -0.15) is 5.10 Å². The van der Waals surface area contributed by atoms with Gasteiger partial charge in [0.2, 0.25) is 0 Å². The molecule has 0 saturated carbocycles. The molecule has 0 bridgehead atoms. The molecule has 108 valence electrons. The number of likely N-dealkylation sites (N-methyl/N-ethyl adjacent to an activating group) is 1. The molecule has 2 rings (SSSR count). The number of rotatable bonds is 6. The largest absolute Gasteiger partial charge is 0.308 e. The second-order valence-electron chi connectivity index (χ2n) is 4.90. The number of halogens is 1. The van der Waals surface area contributed by atoms with Crippen LogP contribution in [0, 0.1) is 5.82 Å². The molecule has 0 amide bonds. The van der Waals surface area contributed by atoms with Crippen molar-refractivity contribution in [2.75, 3.05) is 6.54 Å². The van der Waals surface area contributed by atoms with Crippen LogP contribution in [-0.2, 0) is 6.42 Å². The highest BCUT2D eigenvalue weighted by Gasteiger charge is 2.20. The lowest BCUT2D eigenvalue weighted by atomic mass is 10.1. The van der Waals surface area contributed by atoms with Gasteiger partial charge in [0, 0.05) is 18.7 Å². The van der Waals surface area contributed by atoms with Crippen molar-refractivity contribution in [2.24, 2.45) is 0 Å². The van der Waals surface area contributed by atoms with Gasteiger partial charge < -0.3 is 5.32 Å². The second kappa shape index (κ2) is 6.56. The predicted octanol–water partition coefficient (Wildman–Crippen LogP) is 2.29. The molecule has 2 heterocycles. The summed E-state index contributed by atoms with van der Waals surface area (Å²) < 4.78 is 15.8. The van der Waals surface area contributed by atoms with Crippen molar-refractivity contribution >= 4 is 0 Å². The van der Waals surface area contributed by atoms with Crippen molar-refractivity contribution in [1.29, 1.82) is 0 Å². The minimum Gasteiger partial charge on any atom is -0.308 e. The molecule has 2 aromatic rings. The lowest BCUT2D eigenvalue weighted by molar-refractivity contribution is 0.450. The van der Waals surface area contributed by atoms with Gasteiger partial charge in [-0.1, -0.05) is 6.92 Å². The fourth-order valence-electron chi connectivity index (χ4n) is 2.20. The Balaban J connectivity index is 2.26. The van der Waals surface area contributed by atoms with E-state index >= 15 is 0 Å². The summed E-state index contributed by atoms with van der Waals surface area (Å²) in [6.07, 6.45) is 3.70. The van der Waals surface area contributed by atoms with E-state index in [0.717, 1.165) is 12.4 Å². The summed E-state index contributed by atoms with van der Waals surface area (Å²) in [5.74, 6) is 0.532. The normalized spacial score (nSPS) is 12.8. The number of nitrogens with zero attached hydrogens (tertiary/aromatic N) is 4. The van der Waals surface area contributed by atoms with Crippen LogP contribution < -0.4 is 5.32 Å². The maximum Gasteiger partial charge on any atom is 0.146 e. The number of aromatic nitrogens is 4. The van der Waals surface area contributed by atoms with Crippen LogP contribution >= 0.6 is 0 Å². The molecule has 0 aromatic carbocycles. The second-order valence-corrected chi connectivity index (χ2v) is 4.90. The number of hydrogen-bond acceptors (Lipinski definition) is 4. The maximum atomic E-state index is 13.9. The van der Waals surface area contributed by atoms with Gasteiger partial charge in [-0.25, -0.2) is 14.1 Å². The van der Waals surface area contributed by atoms with Gasteiger partial charge in [0.25, 0.3) is 0 Å². The van der Waals surface area contributed by atoms with E-state index in [4.69, 9.17) is 0 Å². The minimum atomic E-state index is -0.297. The number of hydrogen-bond donors (Lipinski definition) is 1. The van der Waals surface area contributed by atoms with Crippen LogP contribution in [0.4, 0.5) is 4.39 Å². The average molecular weight is 277 g/mol. The van der Waals surface area contributed by atoms with E-state index in [-0.39, 0.29) is 17.9 Å². The zero-order valence-electron chi connectivity index (χ0n) is 12.0. The summed E-state index contributed by atoms with van der Waals surface area (Å²) in [6.45, 7) is 6.81. The van der Waals surface area contributed by atoms with Crippen LogP contribution in [0.3, 0.4) is 0 Å². The molecule has 0 aliphatic rings. The fraction of sp³-hybridized carbons (Fsp3) is 0.500. The first-order valence-electron chi connectivity index (χ1n) is 6.85. The quantitative estimate of drug-likeness (QED) is 0.880. The summed E-state index contributed by atoms with van der Waals surface area (Å²) >= 11 is 0. The molecule has 20 heavy (non-hydrogen) atoms. The lowest BCUT2D eigenvalue weighted by Gasteiger charge is -2.18. The predicted molar refractivity (Wildman–Crippen MR) is 74.7 cm³/mol. The van der Waals surface area contributed by atoms with Crippen molar-refractivity contribution in [3.05, 3.63) is 42.0 Å². The molecule has 1 N–H and O–H groups in total. The third-order valence-corrected chi connectivity index (χ3v) is 3.09. The first-order valence-corrected chi connectivity index (χ1v) is 6.85. The van der Waals surface area contributed by atoms with E-state index in [2.05, 4.69) is 20.4 Å². The molecule has 0 spiro atoms. The lowest BCUT2D eigenvalue weighted by Crippen LogP contribution is -2.26. The molecule has 0 fully saturated rings. The summed E-state index contributed by atoms with van der Waals surface area (Å²) in [5.41, 5.74) is 0.424. The summed E-state index contributed by atoms with van der Waals surface area (Å²) in [5, 5.41) is 7.47. The maximum absolute atomic E-state index is 13.9. The molecule has 2 aromatic heterocycles. The van der Waals surface area contributed by atoms with E-state index in [1.807, 2.05) is 25.5 Å². The van der Waals surface area contributed by atoms with Crippen molar-refractivity contribution in [3.8, 4) is 0 Å². The number of nitrogens with one attached hydrogen (secondary N) is 1. The van der Waals surface area contributed by atoms with Crippen LogP contribution in [0.15, 0.2) is 24.7 Å². The fourth-order valence-corrected chi connectivity index (χ4v) is 2.20. The molecule has 0 saturated heterocycles. The molecule has 1 atom stereocenters. The van der Waals surface area contributed by atoms with Gasteiger partial charge in [-0.3, -0.25) is 4.98 Å². The third-order valence-electron chi connectivity index (χ3n) is 3.09. The Hall–Kier alpha value is -1.82. The molecule has 5 nitrogen and oxygen atoms in total. The Bertz CT molecular complexity index is 552. The number of pyridine rings is 1. The summed E-state index contributed by atoms with van der Waals surface area (Å²) in [6, 6.07) is 3.05.